The van der Waals surface area contributed by atoms with E-state index in [1.165, 1.54) is 16.3 Å². The minimum Gasteiger partial charge on any atom is -0.464 e. The van der Waals surface area contributed by atoms with E-state index in [1.807, 2.05) is 30.3 Å². The van der Waals surface area contributed by atoms with E-state index in [4.69, 9.17) is 19.4 Å². The lowest BCUT2D eigenvalue weighted by Gasteiger charge is -2.39. The van der Waals surface area contributed by atoms with Crippen LogP contribution in [-0.4, -0.2) is 137 Å². The van der Waals surface area contributed by atoms with Crippen molar-refractivity contribution in [2.75, 3.05) is 60.5 Å². The SMILES string of the molecule is CCn1c(-c2cccnc2[C@H](C)OC)c2c3cc(ccc31)-c1csc(n1)C[C@H](NC(=O)C(C1CCCC1)N(C)C(=O)N1CCN(C)CC1)C(=O)N1CCC[C@H](N1)C(=O)OCC(C)(C)C2. The number of carbonyl (C=O) groups is 4. The minimum atomic E-state index is -1.01. The van der Waals surface area contributed by atoms with Crippen LogP contribution in [0.3, 0.4) is 0 Å². The van der Waals surface area contributed by atoms with Crippen LogP contribution in [0.25, 0.3) is 33.4 Å². The maximum Gasteiger partial charge on any atom is 0.324 e. The summed E-state index contributed by atoms with van der Waals surface area (Å²) in [6.07, 6.45) is 6.98. The van der Waals surface area contributed by atoms with Gasteiger partial charge in [0.05, 0.1) is 34.8 Å². The number of piperazine rings is 1. The molecule has 4 amide bonds. The zero-order valence-corrected chi connectivity index (χ0v) is 39.3. The molecule has 15 nitrogen and oxygen atoms in total. The van der Waals surface area contributed by atoms with Gasteiger partial charge in [-0.2, -0.15) is 0 Å². The van der Waals surface area contributed by atoms with Gasteiger partial charge in [-0.05, 0) is 88.7 Å². The summed E-state index contributed by atoms with van der Waals surface area (Å²) >= 11 is 1.45. The number of esters is 1. The molecule has 1 saturated carbocycles. The second-order valence-corrected chi connectivity index (χ2v) is 19.9. The van der Waals surface area contributed by atoms with E-state index in [1.54, 1.807) is 25.3 Å². The Balaban J connectivity index is 1.18. The Kier molecular flexibility index (Phi) is 13.8. The molecule has 64 heavy (non-hydrogen) atoms. The average Bonchev–Trinajstić information content (AvgIpc) is 4.07. The molecule has 0 radical (unpaired) electrons. The van der Waals surface area contributed by atoms with Gasteiger partial charge in [0, 0.05) is 98.9 Å². The fourth-order valence-corrected chi connectivity index (χ4v) is 11.0. The van der Waals surface area contributed by atoms with Crippen LogP contribution in [0.15, 0.2) is 41.9 Å². The number of nitrogens with one attached hydrogen (secondary N) is 2. The fourth-order valence-electron chi connectivity index (χ4n) is 10.1. The van der Waals surface area contributed by atoms with Gasteiger partial charge in [0.2, 0.25) is 5.91 Å². The lowest BCUT2D eigenvalue weighted by Crippen LogP contribution is -2.63. The molecule has 1 aromatic carbocycles. The van der Waals surface area contributed by atoms with Crippen molar-refractivity contribution in [3.05, 3.63) is 58.2 Å². The third kappa shape index (κ3) is 9.42. The van der Waals surface area contributed by atoms with E-state index in [9.17, 15) is 19.2 Å². The molecule has 2 saturated heterocycles. The number of pyridine rings is 1. The zero-order valence-electron chi connectivity index (χ0n) is 38.5. The smallest absolute Gasteiger partial charge is 0.324 e. The number of hydrazine groups is 1. The van der Waals surface area contributed by atoms with Crippen molar-refractivity contribution < 1.29 is 28.7 Å². The first-order valence-corrected chi connectivity index (χ1v) is 24.0. The number of cyclic esters (lactones) is 1. The highest BCUT2D eigenvalue weighted by Crippen LogP contribution is 2.42. The van der Waals surface area contributed by atoms with Gasteiger partial charge in [0.15, 0.2) is 0 Å². The second-order valence-electron chi connectivity index (χ2n) is 18.9. The summed E-state index contributed by atoms with van der Waals surface area (Å²) in [5.74, 6) is -1.17. The molecule has 3 aliphatic heterocycles. The van der Waals surface area contributed by atoms with Crippen LogP contribution in [-0.2, 0) is 43.2 Å². The lowest BCUT2D eigenvalue weighted by molar-refractivity contribution is -0.155. The molecule has 8 rings (SSSR count). The Hall–Kier alpha value is -4.90. The molecule has 3 aromatic heterocycles. The maximum absolute atomic E-state index is 14.7. The van der Waals surface area contributed by atoms with Gasteiger partial charge >= 0.3 is 12.0 Å². The number of hydrogen-bond acceptors (Lipinski definition) is 11. The number of carbonyl (C=O) groups excluding carboxylic acids is 4. The first kappa shape index (κ1) is 45.7. The number of ether oxygens (including phenoxy) is 2. The number of amides is 4. The number of methoxy groups -OCH3 is 1. The molecule has 1 aliphatic carbocycles. The first-order valence-electron chi connectivity index (χ1n) is 23.1. The van der Waals surface area contributed by atoms with Crippen LogP contribution < -0.4 is 10.7 Å². The predicted molar refractivity (Wildman–Crippen MR) is 247 cm³/mol. The van der Waals surface area contributed by atoms with Crippen LogP contribution in [0.1, 0.15) is 88.6 Å². The zero-order chi connectivity index (χ0) is 45.3. The Bertz CT molecular complexity index is 2350. The molecule has 0 spiro atoms. The van der Waals surface area contributed by atoms with E-state index < -0.39 is 29.5 Å². The lowest BCUT2D eigenvalue weighted by atomic mass is 9.84. The third-order valence-electron chi connectivity index (χ3n) is 13.8. The fraction of sp³-hybridized carbons (Fsp3) is 0.583. The summed E-state index contributed by atoms with van der Waals surface area (Å²) in [4.78, 5) is 72.9. The predicted octanol–water partition coefficient (Wildman–Crippen LogP) is 6.06. The van der Waals surface area contributed by atoms with Gasteiger partial charge in [-0.15, -0.1) is 11.3 Å². The number of benzene rings is 1. The summed E-state index contributed by atoms with van der Waals surface area (Å²) in [5.41, 5.74) is 9.49. The van der Waals surface area contributed by atoms with Crippen molar-refractivity contribution in [2.45, 2.75) is 110 Å². The molecule has 3 fully saturated rings. The van der Waals surface area contributed by atoms with Crippen molar-refractivity contribution in [3.63, 3.8) is 0 Å². The van der Waals surface area contributed by atoms with Gasteiger partial charge in [0.25, 0.3) is 5.91 Å². The molecule has 344 valence electrons. The molecule has 2 N–H and O–H groups in total. The van der Waals surface area contributed by atoms with E-state index in [2.05, 4.69) is 65.2 Å². The van der Waals surface area contributed by atoms with Crippen molar-refractivity contribution in [2.24, 2.45) is 11.3 Å². The molecule has 6 bridgehead atoms. The standard InChI is InChI=1S/C48H65N9O6S/c1-8-56-39-18-17-32-25-34(39)35(43(56)33-15-11-19-49-41(33)30(2)62-7)27-48(3,4)29-63-46(60)36-16-12-20-57(52-36)45(59)37(26-40-50-38(32)28-64-40)51-44(58)42(31-13-9-10-14-31)54(6)47(61)55-23-21-53(5)22-24-55/h11,15,17-19,25,28,30-31,36-37,42,52H,8-10,12-14,16,20-24,26-27,29H2,1-7H3,(H,51,58)/t30-,36-,37-,42?/m0/s1. The van der Waals surface area contributed by atoms with Crippen LogP contribution in [0.2, 0.25) is 0 Å². The molecule has 1 unspecified atom stereocenters. The number of likely N-dealkylation sites (N-methyl/N-ethyl adjacent to an activating group) is 2. The molecular weight excluding hydrogens is 831 g/mol. The molecule has 4 aliphatic rings. The third-order valence-corrected chi connectivity index (χ3v) is 14.6. The van der Waals surface area contributed by atoms with Crippen LogP contribution in [0.4, 0.5) is 4.79 Å². The molecular formula is C48H65N9O6S. The van der Waals surface area contributed by atoms with Gasteiger partial charge in [-0.3, -0.25) is 24.4 Å². The van der Waals surface area contributed by atoms with Crippen molar-refractivity contribution in [3.8, 4) is 22.5 Å². The van der Waals surface area contributed by atoms with Crippen molar-refractivity contribution in [1.29, 1.82) is 0 Å². The number of fused-ring (bicyclic) bond motifs is 6. The van der Waals surface area contributed by atoms with Crippen molar-refractivity contribution >= 4 is 46.1 Å². The van der Waals surface area contributed by atoms with Crippen molar-refractivity contribution in [1.82, 2.24) is 45.0 Å². The number of urea groups is 1. The Morgan fingerprint density at radius 1 is 1.08 bits per heavy atom. The number of rotatable bonds is 8. The second kappa shape index (κ2) is 19.3. The van der Waals surface area contributed by atoms with Crippen LogP contribution in [0, 0.1) is 11.3 Å². The number of nitrogens with zero attached hydrogens (tertiary/aromatic N) is 7. The number of aromatic nitrogens is 3. The van der Waals surface area contributed by atoms with E-state index in [-0.39, 0.29) is 42.9 Å². The molecule has 4 aromatic rings. The van der Waals surface area contributed by atoms with E-state index in [0.29, 0.717) is 50.4 Å². The summed E-state index contributed by atoms with van der Waals surface area (Å²) in [6, 6.07) is 7.83. The van der Waals surface area contributed by atoms with E-state index in [0.717, 1.165) is 83.4 Å². The summed E-state index contributed by atoms with van der Waals surface area (Å²) < 4.78 is 14.3. The van der Waals surface area contributed by atoms with Crippen LogP contribution >= 0.6 is 11.3 Å². The highest BCUT2D eigenvalue weighted by atomic mass is 32.1. The maximum atomic E-state index is 14.7. The number of hydrogen-bond donors (Lipinski definition) is 2. The summed E-state index contributed by atoms with van der Waals surface area (Å²) in [5, 5.41) is 8.39. The topological polar surface area (TPSA) is 154 Å². The quantitative estimate of drug-likeness (QED) is 0.200. The normalized spacial score (nSPS) is 22.2. The average molecular weight is 896 g/mol. The summed E-state index contributed by atoms with van der Waals surface area (Å²) in [7, 11) is 5.46. The Morgan fingerprint density at radius 3 is 2.58 bits per heavy atom. The molecule has 16 heteroatoms. The minimum absolute atomic E-state index is 0.0327. The highest BCUT2D eigenvalue weighted by Gasteiger charge is 2.41. The number of aryl methyl sites for hydroxylation is 1. The summed E-state index contributed by atoms with van der Waals surface area (Å²) in [6.45, 7) is 12.3. The molecule has 4 atom stereocenters. The Morgan fingerprint density at radius 2 is 1.84 bits per heavy atom. The highest BCUT2D eigenvalue weighted by molar-refractivity contribution is 7.10. The first-order chi connectivity index (χ1) is 30.8. The Labute approximate surface area is 380 Å². The van der Waals surface area contributed by atoms with Crippen LogP contribution in [0.5, 0.6) is 0 Å². The largest absolute Gasteiger partial charge is 0.464 e. The van der Waals surface area contributed by atoms with Gasteiger partial charge in [-0.25, -0.2) is 15.2 Å². The van der Waals surface area contributed by atoms with Gasteiger partial charge in [0.1, 0.15) is 18.1 Å². The number of thiazole rings is 1. The van der Waals surface area contributed by atoms with Gasteiger partial charge in [-0.1, -0.05) is 32.8 Å². The van der Waals surface area contributed by atoms with Gasteiger partial charge < -0.3 is 34.1 Å². The molecule has 6 heterocycles. The van der Waals surface area contributed by atoms with E-state index >= 15 is 0 Å². The monoisotopic (exact) mass is 895 g/mol.